The molecule has 2 aliphatic heterocycles. The maximum absolute atomic E-state index is 12.7. The van der Waals surface area contributed by atoms with Crippen LogP contribution in [0.1, 0.15) is 43.2 Å². The van der Waals surface area contributed by atoms with Gasteiger partial charge in [-0.2, -0.15) is 0 Å². The van der Waals surface area contributed by atoms with Gasteiger partial charge in [-0.1, -0.05) is 29.1 Å². The van der Waals surface area contributed by atoms with E-state index in [-0.39, 0.29) is 11.8 Å². The molecule has 0 spiro atoms. The van der Waals surface area contributed by atoms with E-state index < -0.39 is 5.92 Å². The number of benzene rings is 1. The normalized spacial score (nSPS) is 18.6. The van der Waals surface area contributed by atoms with E-state index in [4.69, 9.17) is 23.2 Å². The first-order chi connectivity index (χ1) is 11.0. The summed E-state index contributed by atoms with van der Waals surface area (Å²) in [5, 5.41) is 3.71. The summed E-state index contributed by atoms with van der Waals surface area (Å²) in [5.41, 5.74) is 1.05. The number of hydrogen-bond acceptors (Lipinski definition) is 2. The molecule has 1 aromatic rings. The number of carbonyl (C=O) groups is 2. The molecule has 23 heavy (non-hydrogen) atoms. The Morgan fingerprint density at radius 3 is 2.00 bits per heavy atom. The van der Waals surface area contributed by atoms with E-state index in [2.05, 4.69) is 11.8 Å². The number of amides is 2. The Morgan fingerprint density at radius 1 is 1.00 bits per heavy atom. The Hall–Kier alpha value is -1.70. The molecule has 120 valence electrons. The van der Waals surface area contributed by atoms with Crippen molar-refractivity contribution in [1.82, 2.24) is 10.0 Å². The second-order valence-corrected chi connectivity index (χ2v) is 6.46. The molecule has 0 N–H and O–H groups in total. The summed E-state index contributed by atoms with van der Waals surface area (Å²) in [7, 11) is 0. The Morgan fingerprint density at radius 2 is 1.52 bits per heavy atom. The third kappa shape index (κ3) is 2.80. The van der Waals surface area contributed by atoms with Crippen molar-refractivity contribution in [3.05, 3.63) is 33.3 Å². The molecule has 1 aromatic carbocycles. The van der Waals surface area contributed by atoms with Gasteiger partial charge in [0.25, 0.3) is 11.8 Å². The highest BCUT2D eigenvalue weighted by Crippen LogP contribution is 2.39. The van der Waals surface area contributed by atoms with Crippen LogP contribution >= 0.6 is 23.2 Å². The lowest BCUT2D eigenvalue weighted by atomic mass is 9.96. The third-order valence-corrected chi connectivity index (χ3v) is 4.80. The van der Waals surface area contributed by atoms with Crippen molar-refractivity contribution in [3.8, 4) is 11.8 Å². The molecule has 0 bridgehead atoms. The van der Waals surface area contributed by atoms with E-state index in [0.29, 0.717) is 34.3 Å². The molecule has 2 heterocycles. The molecule has 0 aliphatic carbocycles. The lowest BCUT2D eigenvalue weighted by Gasteiger charge is -2.24. The van der Waals surface area contributed by atoms with Crippen molar-refractivity contribution in [2.45, 2.75) is 32.1 Å². The molecule has 2 fully saturated rings. The van der Waals surface area contributed by atoms with Crippen LogP contribution in [0.2, 0.25) is 10.0 Å². The fourth-order valence-electron chi connectivity index (χ4n) is 3.13. The molecule has 0 unspecified atom stereocenters. The van der Waals surface area contributed by atoms with Gasteiger partial charge in [0.1, 0.15) is 5.92 Å². The van der Waals surface area contributed by atoms with Crippen LogP contribution in [0.5, 0.6) is 0 Å². The lowest BCUT2D eigenvalue weighted by Crippen LogP contribution is -2.40. The average Bonchev–Trinajstić information content (AvgIpc) is 2.70. The van der Waals surface area contributed by atoms with Gasteiger partial charge in [-0.25, -0.2) is 0 Å². The molecule has 0 saturated carbocycles. The van der Waals surface area contributed by atoms with Crippen molar-refractivity contribution in [3.63, 3.8) is 0 Å². The van der Waals surface area contributed by atoms with E-state index >= 15 is 0 Å². The summed E-state index contributed by atoms with van der Waals surface area (Å²) in [6, 6.07) is 3.30. The minimum absolute atomic E-state index is 0.241. The van der Waals surface area contributed by atoms with Gasteiger partial charge in [0.05, 0.1) is 0 Å². The van der Waals surface area contributed by atoms with Gasteiger partial charge in [0, 0.05) is 34.3 Å². The van der Waals surface area contributed by atoms with Crippen LogP contribution < -0.4 is 0 Å². The summed E-state index contributed by atoms with van der Waals surface area (Å²) >= 11 is 12.6. The first-order valence-corrected chi connectivity index (χ1v) is 8.34. The predicted molar refractivity (Wildman–Crippen MR) is 89.0 cm³/mol. The van der Waals surface area contributed by atoms with Crippen LogP contribution in [0.25, 0.3) is 0 Å². The first kappa shape index (κ1) is 16.2. The fraction of sp³-hybridized carbons (Fsp3) is 0.412. The molecule has 2 saturated heterocycles. The topological polar surface area (TPSA) is 40.6 Å². The minimum atomic E-state index is -0.947. The largest absolute Gasteiger partial charge is 0.272 e. The molecule has 6 heteroatoms. The maximum Gasteiger partial charge on any atom is 0.258 e. The molecule has 4 nitrogen and oxygen atoms in total. The standard InChI is InChI=1S/C17H16Cl2N2O2/c1-2-6-11-9-12(18)14(13(19)10-11)15-16(22)20-7-4-3-5-8-21(20)17(15)23/h9-10,15H,3-5,7-8H2,1H3. The highest BCUT2D eigenvalue weighted by Gasteiger charge is 2.47. The summed E-state index contributed by atoms with van der Waals surface area (Å²) in [4.78, 5) is 25.5. The molecular formula is C17H16Cl2N2O2. The lowest BCUT2D eigenvalue weighted by molar-refractivity contribution is -0.145. The molecule has 0 atom stereocenters. The van der Waals surface area contributed by atoms with E-state index in [9.17, 15) is 9.59 Å². The van der Waals surface area contributed by atoms with Gasteiger partial charge in [-0.3, -0.25) is 19.6 Å². The second-order valence-electron chi connectivity index (χ2n) is 5.64. The fourth-order valence-corrected chi connectivity index (χ4v) is 3.83. The Balaban J connectivity index is 2.03. The van der Waals surface area contributed by atoms with E-state index in [0.717, 1.165) is 19.3 Å². The van der Waals surface area contributed by atoms with E-state index in [1.807, 2.05) is 0 Å². The molecule has 2 aliphatic rings. The Kier molecular flexibility index (Phi) is 4.52. The Labute approximate surface area is 145 Å². The quantitative estimate of drug-likeness (QED) is 0.576. The summed E-state index contributed by atoms with van der Waals surface area (Å²) < 4.78 is 0. The Bertz CT molecular complexity index is 689. The van der Waals surface area contributed by atoms with Crippen LogP contribution in [-0.2, 0) is 9.59 Å². The van der Waals surface area contributed by atoms with Gasteiger partial charge in [-0.05, 0) is 38.3 Å². The smallest absolute Gasteiger partial charge is 0.258 e. The zero-order valence-corrected chi connectivity index (χ0v) is 14.2. The van der Waals surface area contributed by atoms with Crippen LogP contribution in [0.15, 0.2) is 12.1 Å². The average molecular weight is 351 g/mol. The molecule has 0 radical (unpaired) electrons. The van der Waals surface area contributed by atoms with Crippen LogP contribution in [-0.4, -0.2) is 34.9 Å². The van der Waals surface area contributed by atoms with E-state index in [1.165, 1.54) is 0 Å². The van der Waals surface area contributed by atoms with Crippen molar-refractivity contribution in [1.29, 1.82) is 0 Å². The number of fused-ring (bicyclic) bond motifs is 1. The molecule has 2 amide bonds. The van der Waals surface area contributed by atoms with Crippen molar-refractivity contribution in [2.24, 2.45) is 0 Å². The monoisotopic (exact) mass is 350 g/mol. The van der Waals surface area contributed by atoms with Gasteiger partial charge in [0.15, 0.2) is 0 Å². The zero-order chi connectivity index (χ0) is 16.6. The van der Waals surface area contributed by atoms with Gasteiger partial charge in [-0.15, -0.1) is 5.92 Å². The first-order valence-electron chi connectivity index (χ1n) is 7.59. The van der Waals surface area contributed by atoms with Gasteiger partial charge >= 0.3 is 0 Å². The van der Waals surface area contributed by atoms with Gasteiger partial charge < -0.3 is 0 Å². The zero-order valence-electron chi connectivity index (χ0n) is 12.7. The number of halogens is 2. The minimum Gasteiger partial charge on any atom is -0.272 e. The number of hydrazine groups is 1. The number of rotatable bonds is 1. The van der Waals surface area contributed by atoms with Crippen molar-refractivity contribution in [2.75, 3.05) is 13.1 Å². The highest BCUT2D eigenvalue weighted by molar-refractivity contribution is 6.37. The molecule has 3 rings (SSSR count). The SMILES string of the molecule is CC#Cc1cc(Cl)c(C2C(=O)N3CCCCCN3C2=O)c(Cl)c1. The highest BCUT2D eigenvalue weighted by atomic mass is 35.5. The van der Waals surface area contributed by atoms with Crippen LogP contribution in [0, 0.1) is 11.8 Å². The summed E-state index contributed by atoms with van der Waals surface area (Å²) in [5.74, 6) is 4.22. The van der Waals surface area contributed by atoms with Crippen LogP contribution in [0.3, 0.4) is 0 Å². The summed E-state index contributed by atoms with van der Waals surface area (Å²) in [6.07, 6.45) is 2.81. The molecule has 0 aromatic heterocycles. The third-order valence-electron chi connectivity index (χ3n) is 4.17. The second kappa shape index (κ2) is 6.43. The van der Waals surface area contributed by atoms with Crippen molar-refractivity contribution < 1.29 is 9.59 Å². The number of nitrogens with zero attached hydrogens (tertiary/aromatic N) is 2. The van der Waals surface area contributed by atoms with Gasteiger partial charge in [0.2, 0.25) is 0 Å². The number of hydrogen-bond donors (Lipinski definition) is 0. The summed E-state index contributed by atoms with van der Waals surface area (Å²) in [6.45, 7) is 2.85. The van der Waals surface area contributed by atoms with Crippen molar-refractivity contribution >= 4 is 35.0 Å². The maximum atomic E-state index is 12.7. The van der Waals surface area contributed by atoms with Crippen LogP contribution in [0.4, 0.5) is 0 Å². The van der Waals surface area contributed by atoms with E-state index in [1.54, 1.807) is 29.1 Å². The molecular weight excluding hydrogens is 335 g/mol. The number of carbonyl (C=O) groups excluding carboxylic acids is 2. The predicted octanol–water partition coefficient (Wildman–Crippen LogP) is 3.22.